The number of aliphatic carboxylic acids is 1. The fraction of sp³-hybridized carbons (Fsp3) is 0.364. The summed E-state index contributed by atoms with van der Waals surface area (Å²) in [6.07, 6.45) is 0.530. The molecule has 16 heavy (non-hydrogen) atoms. The lowest BCUT2D eigenvalue weighted by Gasteiger charge is -2.01. The van der Waals surface area contributed by atoms with Crippen LogP contribution in [0.3, 0.4) is 0 Å². The second-order valence-corrected chi connectivity index (χ2v) is 5.43. The van der Waals surface area contributed by atoms with Gasteiger partial charge in [-0.1, -0.05) is 23.7 Å². The van der Waals surface area contributed by atoms with E-state index in [1.165, 1.54) is 0 Å². The Labute approximate surface area is 102 Å². The zero-order chi connectivity index (χ0) is 12.0. The number of carboxylic acids is 1. The van der Waals surface area contributed by atoms with Crippen LogP contribution in [-0.4, -0.2) is 21.0 Å². The Kier molecular flexibility index (Phi) is 5.49. The molecule has 0 aromatic heterocycles. The molecule has 1 unspecified atom stereocenters. The lowest BCUT2D eigenvalue weighted by molar-refractivity contribution is -0.137. The summed E-state index contributed by atoms with van der Waals surface area (Å²) in [7, 11) is -1.00. The van der Waals surface area contributed by atoms with Crippen molar-refractivity contribution in [3.05, 3.63) is 34.9 Å². The molecule has 1 atom stereocenters. The van der Waals surface area contributed by atoms with E-state index < -0.39 is 16.8 Å². The molecule has 5 heteroatoms. The molecule has 0 aliphatic carbocycles. The number of hydrogen-bond acceptors (Lipinski definition) is 2. The summed E-state index contributed by atoms with van der Waals surface area (Å²) in [5.74, 6) is 0.0367. The summed E-state index contributed by atoms with van der Waals surface area (Å²) < 4.78 is 11.6. The number of hydrogen-bond donors (Lipinski definition) is 1. The minimum absolute atomic E-state index is 0.0758. The van der Waals surface area contributed by atoms with Crippen LogP contribution in [0.5, 0.6) is 0 Å². The lowest BCUT2D eigenvalue weighted by atomic mass is 10.2. The maximum Gasteiger partial charge on any atom is 0.303 e. The van der Waals surface area contributed by atoms with E-state index in [9.17, 15) is 9.00 Å². The van der Waals surface area contributed by atoms with Crippen LogP contribution in [0.1, 0.15) is 18.4 Å². The highest BCUT2D eigenvalue weighted by Gasteiger charge is 2.04. The summed E-state index contributed by atoms with van der Waals surface area (Å²) in [6, 6.07) is 7.17. The minimum atomic E-state index is -1.00. The quantitative estimate of drug-likeness (QED) is 0.855. The Morgan fingerprint density at radius 1 is 1.31 bits per heavy atom. The van der Waals surface area contributed by atoms with Crippen molar-refractivity contribution in [2.45, 2.75) is 18.6 Å². The third kappa shape index (κ3) is 5.28. The predicted octanol–water partition coefficient (Wildman–Crippen LogP) is 2.45. The predicted molar refractivity (Wildman–Crippen MR) is 65.0 cm³/mol. The van der Waals surface area contributed by atoms with Crippen LogP contribution in [0.4, 0.5) is 0 Å². The molecule has 88 valence electrons. The minimum Gasteiger partial charge on any atom is -0.481 e. The molecular formula is C11H13ClO3S. The second kappa shape index (κ2) is 6.66. The number of carbonyl (C=O) groups is 1. The molecule has 0 amide bonds. The third-order valence-electron chi connectivity index (χ3n) is 2.00. The monoisotopic (exact) mass is 260 g/mol. The van der Waals surface area contributed by atoms with Crippen molar-refractivity contribution in [2.24, 2.45) is 0 Å². The van der Waals surface area contributed by atoms with Gasteiger partial charge < -0.3 is 5.11 Å². The van der Waals surface area contributed by atoms with Gasteiger partial charge in [0, 0.05) is 33.7 Å². The van der Waals surface area contributed by atoms with Gasteiger partial charge in [-0.15, -0.1) is 0 Å². The first-order valence-corrected chi connectivity index (χ1v) is 6.76. The molecule has 0 fully saturated rings. The van der Waals surface area contributed by atoms with Gasteiger partial charge in [-0.25, -0.2) is 0 Å². The van der Waals surface area contributed by atoms with Gasteiger partial charge in [0.15, 0.2) is 0 Å². The first kappa shape index (κ1) is 13.2. The molecule has 1 aromatic rings. The number of rotatable bonds is 6. The molecule has 0 radical (unpaired) electrons. The molecule has 0 saturated heterocycles. The molecule has 0 aliphatic rings. The van der Waals surface area contributed by atoms with Crippen molar-refractivity contribution in [3.63, 3.8) is 0 Å². The van der Waals surface area contributed by atoms with Gasteiger partial charge in [0.1, 0.15) is 0 Å². The average molecular weight is 261 g/mol. The van der Waals surface area contributed by atoms with E-state index in [4.69, 9.17) is 16.7 Å². The van der Waals surface area contributed by atoms with Crippen LogP contribution in [0.2, 0.25) is 5.02 Å². The average Bonchev–Trinajstić information content (AvgIpc) is 2.21. The van der Waals surface area contributed by atoms with Gasteiger partial charge in [0.2, 0.25) is 0 Å². The number of carboxylic acid groups (broad SMARTS) is 1. The zero-order valence-corrected chi connectivity index (χ0v) is 10.3. The highest BCUT2D eigenvalue weighted by Crippen LogP contribution is 2.11. The maximum absolute atomic E-state index is 11.6. The van der Waals surface area contributed by atoms with Crippen molar-refractivity contribution >= 4 is 28.4 Å². The molecule has 0 spiro atoms. The Bertz CT molecular complexity index is 375. The maximum atomic E-state index is 11.6. The standard InChI is InChI=1S/C11H13ClO3S/c12-10-5-3-9(4-6-10)8-16(15)7-1-2-11(13)14/h3-6H,1-2,7-8H2,(H,13,14). The van der Waals surface area contributed by atoms with E-state index in [2.05, 4.69) is 0 Å². The van der Waals surface area contributed by atoms with Crippen LogP contribution < -0.4 is 0 Å². The van der Waals surface area contributed by atoms with Crippen molar-refractivity contribution in [3.8, 4) is 0 Å². The molecular weight excluding hydrogens is 248 g/mol. The fourth-order valence-electron chi connectivity index (χ4n) is 1.22. The van der Waals surface area contributed by atoms with Crippen LogP contribution in [0.25, 0.3) is 0 Å². The largest absolute Gasteiger partial charge is 0.481 e. The molecule has 0 saturated carbocycles. The normalized spacial score (nSPS) is 12.3. The van der Waals surface area contributed by atoms with Crippen LogP contribution in [-0.2, 0) is 21.3 Å². The van der Waals surface area contributed by atoms with E-state index in [0.29, 0.717) is 22.9 Å². The van der Waals surface area contributed by atoms with E-state index in [1.807, 2.05) is 12.1 Å². The molecule has 0 heterocycles. The highest BCUT2D eigenvalue weighted by molar-refractivity contribution is 7.84. The molecule has 0 bridgehead atoms. The Morgan fingerprint density at radius 2 is 1.94 bits per heavy atom. The third-order valence-corrected chi connectivity index (χ3v) is 3.65. The van der Waals surface area contributed by atoms with Gasteiger partial charge >= 0.3 is 5.97 Å². The fourth-order valence-corrected chi connectivity index (χ4v) is 2.52. The Morgan fingerprint density at radius 3 is 2.50 bits per heavy atom. The summed E-state index contributed by atoms with van der Waals surface area (Å²) in [6.45, 7) is 0. The van der Waals surface area contributed by atoms with E-state index >= 15 is 0 Å². The molecule has 1 N–H and O–H groups in total. The summed E-state index contributed by atoms with van der Waals surface area (Å²) >= 11 is 5.73. The van der Waals surface area contributed by atoms with Crippen molar-refractivity contribution < 1.29 is 14.1 Å². The molecule has 1 aromatic carbocycles. The first-order chi connectivity index (χ1) is 7.58. The van der Waals surface area contributed by atoms with Crippen molar-refractivity contribution in [1.82, 2.24) is 0 Å². The van der Waals surface area contributed by atoms with E-state index in [0.717, 1.165) is 5.56 Å². The topological polar surface area (TPSA) is 54.4 Å². The lowest BCUT2D eigenvalue weighted by Crippen LogP contribution is -2.04. The number of benzene rings is 1. The SMILES string of the molecule is O=C(O)CCCS(=O)Cc1ccc(Cl)cc1. The van der Waals surface area contributed by atoms with Crippen molar-refractivity contribution in [1.29, 1.82) is 0 Å². The second-order valence-electron chi connectivity index (χ2n) is 3.41. The summed E-state index contributed by atoms with van der Waals surface area (Å²) in [4.78, 5) is 10.3. The van der Waals surface area contributed by atoms with Crippen molar-refractivity contribution in [2.75, 3.05) is 5.75 Å². The van der Waals surface area contributed by atoms with Gasteiger partial charge in [-0.3, -0.25) is 9.00 Å². The molecule has 0 aliphatic heterocycles. The Hall–Kier alpha value is -0.870. The smallest absolute Gasteiger partial charge is 0.303 e. The van der Waals surface area contributed by atoms with Gasteiger partial charge in [-0.05, 0) is 24.1 Å². The number of halogens is 1. The highest BCUT2D eigenvalue weighted by atomic mass is 35.5. The van der Waals surface area contributed by atoms with E-state index in [-0.39, 0.29) is 6.42 Å². The van der Waals surface area contributed by atoms with Crippen LogP contribution >= 0.6 is 11.6 Å². The van der Waals surface area contributed by atoms with E-state index in [1.54, 1.807) is 12.1 Å². The summed E-state index contributed by atoms with van der Waals surface area (Å²) in [5.41, 5.74) is 0.957. The van der Waals surface area contributed by atoms with Crippen LogP contribution in [0, 0.1) is 0 Å². The first-order valence-electron chi connectivity index (χ1n) is 4.89. The van der Waals surface area contributed by atoms with Gasteiger partial charge in [0.25, 0.3) is 0 Å². The Balaban J connectivity index is 2.34. The molecule has 3 nitrogen and oxygen atoms in total. The van der Waals surface area contributed by atoms with Gasteiger partial charge in [0.05, 0.1) is 0 Å². The van der Waals surface area contributed by atoms with Gasteiger partial charge in [-0.2, -0.15) is 0 Å². The molecule has 1 rings (SSSR count). The summed E-state index contributed by atoms with van der Waals surface area (Å²) in [5, 5.41) is 9.09. The zero-order valence-electron chi connectivity index (χ0n) is 8.69. The van der Waals surface area contributed by atoms with Crippen LogP contribution in [0.15, 0.2) is 24.3 Å².